The molecule has 0 aromatic rings. The van der Waals surface area contributed by atoms with E-state index in [9.17, 15) is 5.11 Å². The number of aliphatic hydroxyl groups excluding tert-OH is 1. The summed E-state index contributed by atoms with van der Waals surface area (Å²) < 4.78 is 0. The second-order valence-corrected chi connectivity index (χ2v) is 8.94. The first-order valence-corrected chi connectivity index (χ1v) is 9.54. The molecule has 4 aliphatic rings. The summed E-state index contributed by atoms with van der Waals surface area (Å²) in [6.07, 6.45) is 14.8. The van der Waals surface area contributed by atoms with Gasteiger partial charge < -0.3 is 5.11 Å². The summed E-state index contributed by atoms with van der Waals surface area (Å²) in [6.45, 7) is 7.34. The third-order valence-corrected chi connectivity index (χ3v) is 8.29. The van der Waals surface area contributed by atoms with Gasteiger partial charge in [0.1, 0.15) is 0 Å². The van der Waals surface area contributed by atoms with Crippen LogP contribution in [0.4, 0.5) is 0 Å². The van der Waals surface area contributed by atoms with E-state index in [4.69, 9.17) is 0 Å². The van der Waals surface area contributed by atoms with E-state index in [2.05, 4.69) is 32.9 Å². The average Bonchev–Trinajstić information content (AvgIpc) is 2.84. The topological polar surface area (TPSA) is 20.2 Å². The van der Waals surface area contributed by atoms with Crippen molar-refractivity contribution >= 4 is 0 Å². The zero-order valence-corrected chi connectivity index (χ0v) is 14.6. The number of fused-ring (bicyclic) bond motifs is 5. The fourth-order valence-electron chi connectivity index (χ4n) is 7.03. The van der Waals surface area contributed by atoms with Crippen LogP contribution in [-0.2, 0) is 0 Å². The highest BCUT2D eigenvalue weighted by molar-refractivity contribution is 5.28. The van der Waals surface area contributed by atoms with E-state index < -0.39 is 0 Å². The van der Waals surface area contributed by atoms with Gasteiger partial charge in [-0.2, -0.15) is 0 Å². The smallest absolute Gasteiger partial charge is 0.0724 e. The lowest BCUT2D eigenvalue weighted by atomic mass is 9.47. The molecule has 1 nitrogen and oxygen atoms in total. The van der Waals surface area contributed by atoms with Gasteiger partial charge in [-0.3, -0.25) is 0 Å². The van der Waals surface area contributed by atoms with Crippen LogP contribution in [0.3, 0.4) is 0 Å². The first-order valence-electron chi connectivity index (χ1n) is 9.54. The van der Waals surface area contributed by atoms with E-state index in [1.807, 2.05) is 0 Å². The van der Waals surface area contributed by atoms with E-state index in [1.54, 1.807) is 11.1 Å². The average molecular weight is 300 g/mol. The standard InChI is InChI=1S/C21H32O/c1-4-14-6-8-18-17-7-5-15-13-16(22)9-11-21(15,3)19(17)10-12-20(14,18)2/h4,13,16-19,22H,5-12H2,1-3H3/b14-4-/t16?,17?,18?,19?,20-,21+/m1/s1. The minimum absolute atomic E-state index is 0.172. The lowest BCUT2D eigenvalue weighted by molar-refractivity contribution is -0.0314. The van der Waals surface area contributed by atoms with Crippen LogP contribution in [-0.4, -0.2) is 11.2 Å². The summed E-state index contributed by atoms with van der Waals surface area (Å²) in [5.41, 5.74) is 4.24. The van der Waals surface area contributed by atoms with Crippen LogP contribution in [0.25, 0.3) is 0 Å². The molecule has 3 fully saturated rings. The lowest BCUT2D eigenvalue weighted by Gasteiger charge is -2.58. The molecule has 122 valence electrons. The Kier molecular flexibility index (Phi) is 3.39. The molecular formula is C21H32O. The van der Waals surface area contributed by atoms with Crippen LogP contribution < -0.4 is 0 Å². The Balaban J connectivity index is 1.68. The lowest BCUT2D eigenvalue weighted by Crippen LogP contribution is -2.49. The van der Waals surface area contributed by atoms with Crippen LogP contribution in [0.2, 0.25) is 0 Å². The van der Waals surface area contributed by atoms with E-state index in [0.29, 0.717) is 10.8 Å². The highest BCUT2D eigenvalue weighted by Gasteiger charge is 2.57. The monoisotopic (exact) mass is 300 g/mol. The van der Waals surface area contributed by atoms with Gasteiger partial charge in [0.25, 0.3) is 0 Å². The predicted molar refractivity (Wildman–Crippen MR) is 91.5 cm³/mol. The van der Waals surface area contributed by atoms with Gasteiger partial charge in [0.15, 0.2) is 0 Å². The van der Waals surface area contributed by atoms with E-state index in [-0.39, 0.29) is 6.10 Å². The third-order valence-electron chi connectivity index (χ3n) is 8.29. The van der Waals surface area contributed by atoms with E-state index >= 15 is 0 Å². The van der Waals surface area contributed by atoms with E-state index in [0.717, 1.165) is 24.2 Å². The molecule has 0 spiro atoms. The first-order chi connectivity index (χ1) is 10.5. The maximum absolute atomic E-state index is 10.0. The van der Waals surface area contributed by atoms with Gasteiger partial charge in [-0.25, -0.2) is 0 Å². The fraction of sp³-hybridized carbons (Fsp3) is 0.810. The second-order valence-electron chi connectivity index (χ2n) is 8.94. The molecule has 0 aromatic heterocycles. The molecule has 0 aliphatic heterocycles. The fourth-order valence-corrected chi connectivity index (χ4v) is 7.03. The maximum atomic E-state index is 10.0. The van der Waals surface area contributed by atoms with Crippen LogP contribution in [0.15, 0.2) is 23.3 Å². The minimum Gasteiger partial charge on any atom is -0.389 e. The van der Waals surface area contributed by atoms with Gasteiger partial charge in [-0.05, 0) is 86.9 Å². The van der Waals surface area contributed by atoms with Crippen molar-refractivity contribution in [3.8, 4) is 0 Å². The Morgan fingerprint density at radius 3 is 2.50 bits per heavy atom. The van der Waals surface area contributed by atoms with Crippen molar-refractivity contribution in [1.82, 2.24) is 0 Å². The summed E-state index contributed by atoms with van der Waals surface area (Å²) in [6, 6.07) is 0. The molecule has 4 rings (SSSR count). The molecule has 0 radical (unpaired) electrons. The summed E-state index contributed by atoms with van der Waals surface area (Å²) in [5, 5.41) is 10.0. The maximum Gasteiger partial charge on any atom is 0.0724 e. The summed E-state index contributed by atoms with van der Waals surface area (Å²) in [4.78, 5) is 0. The van der Waals surface area contributed by atoms with Crippen molar-refractivity contribution in [2.75, 3.05) is 0 Å². The molecule has 1 N–H and O–H groups in total. The SMILES string of the molecule is C/C=C1/CCC2C3CCC4=CC(O)CC[C@]4(C)C3CC[C@]12C. The van der Waals surface area contributed by atoms with E-state index in [1.165, 1.54) is 44.9 Å². The van der Waals surface area contributed by atoms with Gasteiger partial charge in [0, 0.05) is 0 Å². The second kappa shape index (κ2) is 4.97. The van der Waals surface area contributed by atoms with Crippen molar-refractivity contribution in [1.29, 1.82) is 0 Å². The van der Waals surface area contributed by atoms with Crippen molar-refractivity contribution in [3.63, 3.8) is 0 Å². The van der Waals surface area contributed by atoms with Crippen molar-refractivity contribution < 1.29 is 5.11 Å². The highest BCUT2D eigenvalue weighted by Crippen LogP contribution is 2.66. The largest absolute Gasteiger partial charge is 0.389 e. The molecule has 0 aromatic carbocycles. The molecule has 0 saturated heterocycles. The highest BCUT2D eigenvalue weighted by atomic mass is 16.3. The number of allylic oxidation sites excluding steroid dienone is 3. The van der Waals surface area contributed by atoms with Crippen LogP contribution in [0.1, 0.15) is 72.1 Å². The third kappa shape index (κ3) is 1.87. The van der Waals surface area contributed by atoms with Crippen LogP contribution >= 0.6 is 0 Å². The zero-order valence-electron chi connectivity index (χ0n) is 14.6. The van der Waals surface area contributed by atoms with Crippen LogP contribution in [0.5, 0.6) is 0 Å². The molecule has 6 atom stereocenters. The number of aliphatic hydroxyl groups is 1. The van der Waals surface area contributed by atoms with Gasteiger partial charge in [0.05, 0.1) is 6.10 Å². The predicted octanol–water partition coefficient (Wildman–Crippen LogP) is 5.26. The van der Waals surface area contributed by atoms with Crippen LogP contribution in [0, 0.1) is 28.6 Å². The minimum atomic E-state index is -0.172. The molecule has 22 heavy (non-hydrogen) atoms. The number of hydrogen-bond donors (Lipinski definition) is 1. The summed E-state index contributed by atoms with van der Waals surface area (Å²) in [7, 11) is 0. The molecule has 0 bridgehead atoms. The normalized spacial score (nSPS) is 52.7. The molecule has 4 aliphatic carbocycles. The Labute approximate surface area is 135 Å². The Morgan fingerprint density at radius 2 is 1.73 bits per heavy atom. The van der Waals surface area contributed by atoms with Crippen molar-refractivity contribution in [3.05, 3.63) is 23.3 Å². The van der Waals surface area contributed by atoms with Gasteiger partial charge in [0.2, 0.25) is 0 Å². The Morgan fingerprint density at radius 1 is 1.00 bits per heavy atom. The quantitative estimate of drug-likeness (QED) is 0.605. The zero-order chi connectivity index (χ0) is 15.5. The number of rotatable bonds is 0. The summed E-state index contributed by atoms with van der Waals surface area (Å²) >= 11 is 0. The molecule has 0 amide bonds. The van der Waals surface area contributed by atoms with Crippen molar-refractivity contribution in [2.24, 2.45) is 28.6 Å². The Bertz CT molecular complexity index is 530. The number of hydrogen-bond acceptors (Lipinski definition) is 1. The van der Waals surface area contributed by atoms with Gasteiger partial charge >= 0.3 is 0 Å². The molecule has 0 heterocycles. The summed E-state index contributed by atoms with van der Waals surface area (Å²) in [5.74, 6) is 2.71. The molecule has 3 saturated carbocycles. The van der Waals surface area contributed by atoms with Gasteiger partial charge in [-0.15, -0.1) is 0 Å². The Hall–Kier alpha value is -0.560. The first kappa shape index (κ1) is 15.0. The molecule has 1 heteroatoms. The van der Waals surface area contributed by atoms with Gasteiger partial charge in [-0.1, -0.05) is 37.1 Å². The molecule has 4 unspecified atom stereocenters. The van der Waals surface area contributed by atoms with Crippen molar-refractivity contribution in [2.45, 2.75) is 78.2 Å². The molecular weight excluding hydrogens is 268 g/mol.